The zero-order valence-electron chi connectivity index (χ0n) is 10.1. The molecule has 2 radical (unpaired) electrons. The van der Waals surface area contributed by atoms with E-state index in [1.54, 1.807) is 7.05 Å². The molecule has 17 heavy (non-hydrogen) atoms. The number of hydrogen-bond donors (Lipinski definition) is 1. The van der Waals surface area contributed by atoms with Crippen LogP contribution in [-0.4, -0.2) is 54.3 Å². The first-order valence-corrected chi connectivity index (χ1v) is 6.86. The molecule has 3 nitrogen and oxygen atoms in total. The summed E-state index contributed by atoms with van der Waals surface area (Å²) < 4.78 is 1.26. The van der Waals surface area contributed by atoms with Crippen LogP contribution in [0, 0.1) is 0 Å². The average molecular weight is 292 g/mol. The monoisotopic (exact) mass is 292 g/mol. The van der Waals surface area contributed by atoms with Gasteiger partial charge in [-0.3, -0.25) is 0 Å². The fourth-order valence-electron chi connectivity index (χ4n) is 2.20. The van der Waals surface area contributed by atoms with E-state index in [9.17, 15) is 4.79 Å². The normalized spacial score (nSPS) is 16.1. The molecule has 0 saturated carbocycles. The van der Waals surface area contributed by atoms with Crippen molar-refractivity contribution in [2.45, 2.75) is 12.8 Å². The molecule has 0 aromatic heterocycles. The first-order valence-electron chi connectivity index (χ1n) is 5.93. The second-order valence-corrected chi connectivity index (χ2v) is 5.49. The molecule has 0 aliphatic carbocycles. The molecule has 0 atom stereocenters. The first-order chi connectivity index (χ1) is 8.19. The maximum atomic E-state index is 11.4. The van der Waals surface area contributed by atoms with Crippen molar-refractivity contribution in [3.05, 3.63) is 29.3 Å². The number of hydrogen-bond acceptors (Lipinski definition) is 2. The number of likely N-dealkylation sites (N-methyl/N-ethyl adjacent to an activating group) is 1. The molecule has 1 aromatic rings. The fraction of sp³-hybridized carbons (Fsp3) is 0.462. The van der Waals surface area contributed by atoms with Crippen molar-refractivity contribution in [1.82, 2.24) is 10.2 Å². The van der Waals surface area contributed by atoms with Crippen molar-refractivity contribution in [2.24, 2.45) is 0 Å². The first kappa shape index (κ1) is 12.7. The van der Waals surface area contributed by atoms with Gasteiger partial charge in [-0.25, -0.2) is 0 Å². The van der Waals surface area contributed by atoms with Crippen LogP contribution in [0.1, 0.15) is 11.1 Å². The van der Waals surface area contributed by atoms with E-state index < -0.39 is 0 Å². The molecule has 4 heteroatoms. The molecule has 0 bridgehead atoms. The summed E-state index contributed by atoms with van der Waals surface area (Å²) in [5.74, 6) is 0.101. The van der Waals surface area contributed by atoms with E-state index in [1.807, 2.05) is 0 Å². The number of amides is 1. The van der Waals surface area contributed by atoms with Crippen LogP contribution in [0.25, 0.3) is 0 Å². The molecular formula is C13H17AsN2O. The number of nitrogens with one attached hydrogen (secondary N) is 1. The molecule has 1 aliphatic heterocycles. The van der Waals surface area contributed by atoms with Crippen LogP contribution in [0.3, 0.4) is 0 Å². The molecule has 1 amide bonds. The van der Waals surface area contributed by atoms with Crippen molar-refractivity contribution >= 4 is 27.1 Å². The number of fused-ring (bicyclic) bond motifs is 1. The minimum absolute atomic E-state index is 0.101. The van der Waals surface area contributed by atoms with Crippen LogP contribution in [0.5, 0.6) is 0 Å². The van der Waals surface area contributed by atoms with Gasteiger partial charge < -0.3 is 0 Å². The standard InChI is InChI=1S/C13H17AsN2O/c1-15-13(17)9-16-6-4-10-2-3-12(14)8-11(10)5-7-16/h2-3,8H,4-7,9H2,1H3,(H,15,17). The Bertz CT molecular complexity index is 420. The van der Waals surface area contributed by atoms with Gasteiger partial charge in [-0.2, -0.15) is 0 Å². The predicted molar refractivity (Wildman–Crippen MR) is 69.7 cm³/mol. The van der Waals surface area contributed by atoms with Crippen LogP contribution < -0.4 is 9.67 Å². The van der Waals surface area contributed by atoms with Gasteiger partial charge in [0.05, 0.1) is 0 Å². The van der Waals surface area contributed by atoms with Gasteiger partial charge >= 0.3 is 111 Å². The topological polar surface area (TPSA) is 32.3 Å². The molecule has 0 unspecified atom stereocenters. The quantitative estimate of drug-likeness (QED) is 0.754. The molecule has 1 aliphatic rings. The van der Waals surface area contributed by atoms with Gasteiger partial charge in [0.15, 0.2) is 0 Å². The number of carbonyl (C=O) groups excluding carboxylic acids is 1. The Hall–Kier alpha value is -0.792. The van der Waals surface area contributed by atoms with E-state index in [0.29, 0.717) is 6.54 Å². The molecule has 2 rings (SSSR count). The molecular weight excluding hydrogens is 275 g/mol. The summed E-state index contributed by atoms with van der Waals surface area (Å²) in [5, 5.41) is 2.68. The second kappa shape index (κ2) is 5.70. The third kappa shape index (κ3) is 3.33. The van der Waals surface area contributed by atoms with Crippen molar-refractivity contribution in [3.63, 3.8) is 0 Å². The summed E-state index contributed by atoms with van der Waals surface area (Å²) in [6.07, 6.45) is 2.08. The van der Waals surface area contributed by atoms with Crippen molar-refractivity contribution in [2.75, 3.05) is 26.7 Å². The molecule has 0 saturated heterocycles. The van der Waals surface area contributed by atoms with E-state index >= 15 is 0 Å². The Morgan fingerprint density at radius 2 is 2.06 bits per heavy atom. The fourth-order valence-corrected chi connectivity index (χ4v) is 2.68. The number of rotatable bonds is 2. The molecule has 0 spiro atoms. The predicted octanol–water partition coefficient (Wildman–Crippen LogP) is -0.373. The second-order valence-electron chi connectivity index (χ2n) is 4.40. The Kier molecular flexibility index (Phi) is 4.24. The summed E-state index contributed by atoms with van der Waals surface area (Å²) in [4.78, 5) is 13.6. The van der Waals surface area contributed by atoms with Crippen molar-refractivity contribution in [1.29, 1.82) is 0 Å². The van der Waals surface area contributed by atoms with E-state index in [0.717, 1.165) is 25.9 Å². The van der Waals surface area contributed by atoms with E-state index in [-0.39, 0.29) is 5.91 Å². The van der Waals surface area contributed by atoms with Crippen molar-refractivity contribution in [3.8, 4) is 0 Å². The molecule has 1 heterocycles. The summed E-state index contributed by atoms with van der Waals surface area (Å²) in [6, 6.07) is 6.61. The van der Waals surface area contributed by atoms with Crippen LogP contribution in [0.4, 0.5) is 0 Å². The van der Waals surface area contributed by atoms with Gasteiger partial charge in [-0.1, -0.05) is 0 Å². The van der Waals surface area contributed by atoms with Gasteiger partial charge in [-0.05, 0) is 0 Å². The summed E-state index contributed by atoms with van der Waals surface area (Å²) in [5.41, 5.74) is 2.86. The third-order valence-corrected chi connectivity index (χ3v) is 3.81. The number of benzene rings is 1. The van der Waals surface area contributed by atoms with Crippen LogP contribution in [0.2, 0.25) is 0 Å². The Labute approximate surface area is 111 Å². The SMILES string of the molecule is CNC(=O)CN1CCc2ccc([As])cc2CC1. The zero-order chi connectivity index (χ0) is 12.3. The number of nitrogens with zero attached hydrogens (tertiary/aromatic N) is 1. The van der Waals surface area contributed by atoms with Crippen molar-refractivity contribution < 1.29 is 4.79 Å². The summed E-state index contributed by atoms with van der Waals surface area (Å²) >= 11 is 2.59. The molecule has 0 fully saturated rings. The Morgan fingerprint density at radius 1 is 1.35 bits per heavy atom. The zero-order valence-corrected chi connectivity index (χ0v) is 11.9. The summed E-state index contributed by atoms with van der Waals surface area (Å²) in [7, 11) is 1.69. The van der Waals surface area contributed by atoms with Gasteiger partial charge in [-0.15, -0.1) is 0 Å². The summed E-state index contributed by atoms with van der Waals surface area (Å²) in [6.45, 7) is 2.45. The van der Waals surface area contributed by atoms with E-state index in [4.69, 9.17) is 0 Å². The van der Waals surface area contributed by atoms with E-state index in [1.165, 1.54) is 15.5 Å². The van der Waals surface area contributed by atoms with Crippen LogP contribution >= 0.6 is 0 Å². The minimum atomic E-state index is 0.101. The maximum absolute atomic E-state index is 11.4. The Balaban J connectivity index is 2.03. The molecule has 1 N–H and O–H groups in total. The van der Waals surface area contributed by atoms with Crippen LogP contribution in [-0.2, 0) is 17.6 Å². The Morgan fingerprint density at radius 3 is 2.76 bits per heavy atom. The van der Waals surface area contributed by atoms with Crippen LogP contribution in [0.15, 0.2) is 18.2 Å². The van der Waals surface area contributed by atoms with Gasteiger partial charge in [0.2, 0.25) is 0 Å². The molecule has 90 valence electrons. The van der Waals surface area contributed by atoms with Gasteiger partial charge in [0.25, 0.3) is 0 Å². The van der Waals surface area contributed by atoms with E-state index in [2.05, 4.69) is 45.3 Å². The molecule has 1 aromatic carbocycles. The van der Waals surface area contributed by atoms with Gasteiger partial charge in [0.1, 0.15) is 0 Å². The average Bonchev–Trinajstić information content (AvgIpc) is 2.52. The van der Waals surface area contributed by atoms with Gasteiger partial charge in [0, 0.05) is 0 Å². The number of carbonyl (C=O) groups is 1. The third-order valence-electron chi connectivity index (χ3n) is 3.23.